The fourth-order valence-electron chi connectivity index (χ4n) is 12.4. The topological polar surface area (TPSA) is 3.24 Å². The predicted molar refractivity (Wildman–Crippen MR) is 281 cm³/mol. The van der Waals surface area contributed by atoms with Crippen LogP contribution in [0.4, 0.5) is 17.1 Å². The van der Waals surface area contributed by atoms with Crippen LogP contribution in [0.15, 0.2) is 237 Å². The monoisotopic (exact) mass is 851 g/mol. The SMILES string of the molecule is CC1(C)c2ccccc2-c2ccc(N(c3ccc(-c4ccc(-c5ccccc5)cc4)cc3)c3ccc4c(c3)C3(c5ccccc5-4)c4ccc5ccccc5c4-c4cccc5cccc3c45)cc21. The molecular weight excluding hydrogens is 807 g/mol. The minimum absolute atomic E-state index is 0.145. The summed E-state index contributed by atoms with van der Waals surface area (Å²) in [5.74, 6) is 0. The summed E-state index contributed by atoms with van der Waals surface area (Å²) in [5, 5.41) is 5.16. The first-order valence-electron chi connectivity index (χ1n) is 23.6. The van der Waals surface area contributed by atoms with Gasteiger partial charge in [0.25, 0.3) is 0 Å². The van der Waals surface area contributed by atoms with Crippen molar-refractivity contribution < 1.29 is 0 Å². The molecule has 0 saturated heterocycles. The molecule has 67 heavy (non-hydrogen) atoms. The van der Waals surface area contributed by atoms with E-state index in [0.29, 0.717) is 0 Å². The third-order valence-electron chi connectivity index (χ3n) is 15.5. The molecule has 1 unspecified atom stereocenters. The Morgan fingerprint density at radius 2 is 0.791 bits per heavy atom. The second kappa shape index (κ2) is 14.1. The Balaban J connectivity index is 0.998. The van der Waals surface area contributed by atoms with E-state index in [9.17, 15) is 0 Å². The molecule has 1 atom stereocenters. The van der Waals surface area contributed by atoms with E-state index in [-0.39, 0.29) is 5.41 Å². The van der Waals surface area contributed by atoms with Gasteiger partial charge in [0.1, 0.15) is 0 Å². The van der Waals surface area contributed by atoms with Gasteiger partial charge in [-0.25, -0.2) is 0 Å². The Morgan fingerprint density at radius 3 is 1.52 bits per heavy atom. The molecule has 0 heterocycles. The highest BCUT2D eigenvalue weighted by Gasteiger charge is 2.50. The summed E-state index contributed by atoms with van der Waals surface area (Å²) >= 11 is 0. The van der Waals surface area contributed by atoms with Crippen molar-refractivity contribution >= 4 is 38.6 Å². The summed E-state index contributed by atoms with van der Waals surface area (Å²) in [6, 6.07) is 88.9. The van der Waals surface area contributed by atoms with E-state index in [4.69, 9.17) is 0 Å². The van der Waals surface area contributed by atoms with E-state index in [0.717, 1.165) is 17.1 Å². The Labute approximate surface area is 391 Å². The fraction of sp³-hybridized carbons (Fsp3) is 0.0606. The van der Waals surface area contributed by atoms with Crippen molar-refractivity contribution in [3.8, 4) is 55.6 Å². The van der Waals surface area contributed by atoms with Crippen LogP contribution < -0.4 is 4.90 Å². The van der Waals surface area contributed by atoms with Gasteiger partial charge < -0.3 is 4.90 Å². The van der Waals surface area contributed by atoms with E-state index >= 15 is 0 Å². The van der Waals surface area contributed by atoms with E-state index in [2.05, 4.69) is 255 Å². The van der Waals surface area contributed by atoms with Gasteiger partial charge in [-0.15, -0.1) is 0 Å². The summed E-state index contributed by atoms with van der Waals surface area (Å²) < 4.78 is 0. The van der Waals surface area contributed by atoms with Crippen molar-refractivity contribution in [2.45, 2.75) is 24.7 Å². The molecule has 314 valence electrons. The summed E-state index contributed by atoms with van der Waals surface area (Å²) in [4.78, 5) is 2.50. The summed E-state index contributed by atoms with van der Waals surface area (Å²) in [6.45, 7) is 4.76. The maximum absolute atomic E-state index is 2.53. The molecule has 0 aromatic heterocycles. The molecule has 3 aliphatic rings. The number of fused-ring (bicyclic) bond motifs is 14. The molecule has 3 aliphatic carbocycles. The molecular formula is C66H45N. The van der Waals surface area contributed by atoms with Crippen molar-refractivity contribution in [1.29, 1.82) is 0 Å². The highest BCUT2D eigenvalue weighted by atomic mass is 15.1. The Morgan fingerprint density at radius 1 is 0.299 bits per heavy atom. The first-order valence-corrected chi connectivity index (χ1v) is 23.6. The predicted octanol–water partition coefficient (Wildman–Crippen LogP) is 17.4. The average Bonchev–Trinajstić information content (AvgIpc) is 3.80. The van der Waals surface area contributed by atoms with E-state index in [1.165, 1.54) is 111 Å². The molecule has 11 aromatic rings. The molecule has 0 fully saturated rings. The molecule has 1 heteroatoms. The van der Waals surface area contributed by atoms with Gasteiger partial charge in [-0.2, -0.15) is 0 Å². The number of hydrogen-bond acceptors (Lipinski definition) is 1. The van der Waals surface area contributed by atoms with Gasteiger partial charge in [-0.1, -0.05) is 214 Å². The minimum Gasteiger partial charge on any atom is -0.310 e. The summed E-state index contributed by atoms with van der Waals surface area (Å²) in [6.07, 6.45) is 0. The number of nitrogens with zero attached hydrogens (tertiary/aromatic N) is 1. The zero-order chi connectivity index (χ0) is 44.4. The van der Waals surface area contributed by atoms with Crippen LogP contribution in [0.1, 0.15) is 47.2 Å². The maximum Gasteiger partial charge on any atom is 0.0726 e. The summed E-state index contributed by atoms with van der Waals surface area (Å²) in [7, 11) is 0. The van der Waals surface area contributed by atoms with Crippen LogP contribution in [0, 0.1) is 0 Å². The van der Waals surface area contributed by atoms with Crippen molar-refractivity contribution in [2.24, 2.45) is 0 Å². The number of benzene rings is 11. The third-order valence-corrected chi connectivity index (χ3v) is 15.5. The lowest BCUT2D eigenvalue weighted by Crippen LogP contribution is -2.32. The normalized spacial score (nSPS) is 15.5. The van der Waals surface area contributed by atoms with Crippen LogP contribution in [0.3, 0.4) is 0 Å². The molecule has 0 N–H and O–H groups in total. The molecule has 1 nitrogen and oxygen atoms in total. The molecule has 0 saturated carbocycles. The van der Waals surface area contributed by atoms with Crippen LogP contribution in [0.2, 0.25) is 0 Å². The van der Waals surface area contributed by atoms with Gasteiger partial charge in [0, 0.05) is 22.5 Å². The zero-order valence-electron chi connectivity index (χ0n) is 37.5. The minimum atomic E-state index is -0.557. The highest BCUT2D eigenvalue weighted by molar-refractivity contribution is 6.13. The van der Waals surface area contributed by atoms with Crippen LogP contribution >= 0.6 is 0 Å². The van der Waals surface area contributed by atoms with E-state index < -0.39 is 5.41 Å². The Kier molecular flexibility index (Phi) is 8.02. The maximum atomic E-state index is 2.53. The molecule has 1 spiro atoms. The highest BCUT2D eigenvalue weighted by Crippen LogP contribution is 2.63. The van der Waals surface area contributed by atoms with Gasteiger partial charge in [-0.3, -0.25) is 0 Å². The van der Waals surface area contributed by atoms with E-state index in [1.807, 2.05) is 0 Å². The second-order valence-electron chi connectivity index (χ2n) is 19.2. The lowest BCUT2D eigenvalue weighted by Gasteiger charge is -2.41. The first-order chi connectivity index (χ1) is 33.0. The Bertz CT molecular complexity index is 3810. The third kappa shape index (κ3) is 5.31. The molecule has 0 radical (unpaired) electrons. The molecule has 0 aliphatic heterocycles. The van der Waals surface area contributed by atoms with Crippen LogP contribution in [0.5, 0.6) is 0 Å². The standard InChI is InChI=1S/C66H45N/c1-65(2)57-23-10-8-20-52(57)54-37-35-49(40-61(54)65)67(48-33-30-45(31-34-48)44-28-26-43(27-29-44)42-14-4-3-5-15-42)50-36-38-55-53-21-9-11-24-58(53)66(62(55)41-50)59-25-13-18-47-17-12-22-56(63(47)59)64-51-19-7-6-16-46(51)32-39-60(64)66/h3-41H,1-2H3. The van der Waals surface area contributed by atoms with Crippen LogP contribution in [0.25, 0.3) is 77.2 Å². The molecule has 14 rings (SSSR count). The van der Waals surface area contributed by atoms with Crippen molar-refractivity contribution in [1.82, 2.24) is 0 Å². The second-order valence-corrected chi connectivity index (χ2v) is 19.2. The van der Waals surface area contributed by atoms with Crippen LogP contribution in [-0.4, -0.2) is 0 Å². The van der Waals surface area contributed by atoms with Crippen molar-refractivity contribution in [3.05, 3.63) is 270 Å². The lowest BCUT2D eigenvalue weighted by atomic mass is 9.61. The largest absolute Gasteiger partial charge is 0.310 e. The number of anilines is 3. The molecule has 0 bridgehead atoms. The van der Waals surface area contributed by atoms with E-state index in [1.54, 1.807) is 0 Å². The summed E-state index contributed by atoms with van der Waals surface area (Å²) in [5.41, 5.74) is 23.5. The van der Waals surface area contributed by atoms with Gasteiger partial charge >= 0.3 is 0 Å². The van der Waals surface area contributed by atoms with Crippen molar-refractivity contribution in [3.63, 3.8) is 0 Å². The first kappa shape index (κ1) is 38.1. The van der Waals surface area contributed by atoms with Gasteiger partial charge in [0.15, 0.2) is 0 Å². The van der Waals surface area contributed by atoms with Crippen molar-refractivity contribution in [2.75, 3.05) is 4.90 Å². The number of rotatable bonds is 5. The lowest BCUT2D eigenvalue weighted by molar-refractivity contribution is 0.660. The fourth-order valence-corrected chi connectivity index (χ4v) is 12.4. The quantitative estimate of drug-likeness (QED) is 0.167. The van der Waals surface area contributed by atoms with Crippen LogP contribution in [-0.2, 0) is 10.8 Å². The smallest absolute Gasteiger partial charge is 0.0726 e. The van der Waals surface area contributed by atoms with Gasteiger partial charge in [-0.05, 0) is 147 Å². The van der Waals surface area contributed by atoms with Gasteiger partial charge in [0.2, 0.25) is 0 Å². The molecule has 0 amide bonds. The number of hydrogen-bond donors (Lipinski definition) is 0. The zero-order valence-corrected chi connectivity index (χ0v) is 37.5. The Hall–Kier alpha value is -8.26. The average molecular weight is 852 g/mol. The molecule has 11 aromatic carbocycles. The van der Waals surface area contributed by atoms with Gasteiger partial charge in [0.05, 0.1) is 5.41 Å².